The number of rotatable bonds is 3. The van der Waals surface area contributed by atoms with E-state index in [0.29, 0.717) is 11.1 Å². The molecule has 0 saturated carbocycles. The minimum Gasteiger partial charge on any atom is -0.309 e. The van der Waals surface area contributed by atoms with Gasteiger partial charge in [0.1, 0.15) is 0 Å². The van der Waals surface area contributed by atoms with Crippen molar-refractivity contribution in [1.29, 1.82) is 10.5 Å². The lowest BCUT2D eigenvalue weighted by Crippen LogP contribution is -1.96. The Morgan fingerprint density at radius 1 is 0.575 bits per heavy atom. The van der Waals surface area contributed by atoms with E-state index in [0.717, 1.165) is 55.3 Å². The van der Waals surface area contributed by atoms with Gasteiger partial charge in [0.2, 0.25) is 0 Å². The van der Waals surface area contributed by atoms with Crippen LogP contribution in [0.3, 0.4) is 0 Å². The van der Waals surface area contributed by atoms with E-state index in [2.05, 4.69) is 121 Å². The number of nitrogens with zero attached hydrogens (tertiary/aromatic N) is 3. The van der Waals surface area contributed by atoms with Crippen LogP contribution < -0.4 is 0 Å². The molecular formula is C37H23N3. The highest BCUT2D eigenvalue weighted by molar-refractivity contribution is 6.17. The van der Waals surface area contributed by atoms with Crippen molar-refractivity contribution in [2.45, 2.75) is 6.92 Å². The minimum atomic E-state index is 0.479. The van der Waals surface area contributed by atoms with E-state index in [-0.39, 0.29) is 0 Å². The molecule has 1 heterocycles. The van der Waals surface area contributed by atoms with Crippen molar-refractivity contribution in [3.63, 3.8) is 0 Å². The minimum absolute atomic E-state index is 0.479. The van der Waals surface area contributed by atoms with Crippen molar-refractivity contribution in [2.24, 2.45) is 0 Å². The van der Waals surface area contributed by atoms with Gasteiger partial charge in [0.05, 0.1) is 34.3 Å². The molecule has 0 aliphatic rings. The van der Waals surface area contributed by atoms with E-state index in [1.807, 2.05) is 18.2 Å². The van der Waals surface area contributed by atoms with Crippen molar-refractivity contribution in [3.05, 3.63) is 138 Å². The Morgan fingerprint density at radius 3 is 2.02 bits per heavy atom. The van der Waals surface area contributed by atoms with Gasteiger partial charge in [-0.1, -0.05) is 84.9 Å². The molecule has 0 bridgehead atoms. The molecule has 3 nitrogen and oxygen atoms in total. The highest BCUT2D eigenvalue weighted by Gasteiger charge is 2.19. The molecule has 186 valence electrons. The largest absolute Gasteiger partial charge is 0.309 e. The smallest absolute Gasteiger partial charge is 0.0992 e. The molecule has 0 atom stereocenters. The number of para-hydroxylation sites is 3. The Labute approximate surface area is 232 Å². The number of nitriles is 2. The van der Waals surface area contributed by atoms with E-state index in [1.165, 1.54) is 10.8 Å². The molecule has 0 fully saturated rings. The van der Waals surface area contributed by atoms with Gasteiger partial charge in [0, 0.05) is 22.0 Å². The van der Waals surface area contributed by atoms with Crippen LogP contribution in [0.4, 0.5) is 0 Å². The number of aryl methyl sites for hydroxylation is 1. The fourth-order valence-electron chi connectivity index (χ4n) is 6.02. The summed E-state index contributed by atoms with van der Waals surface area (Å²) < 4.78 is 2.36. The van der Waals surface area contributed by atoms with Crippen molar-refractivity contribution in [2.75, 3.05) is 0 Å². The lowest BCUT2D eigenvalue weighted by atomic mass is 9.88. The van der Waals surface area contributed by atoms with Gasteiger partial charge >= 0.3 is 0 Å². The van der Waals surface area contributed by atoms with Crippen LogP contribution in [-0.2, 0) is 0 Å². The Morgan fingerprint density at radius 2 is 1.25 bits per heavy atom. The summed E-state index contributed by atoms with van der Waals surface area (Å²) in [5.74, 6) is 0. The predicted molar refractivity (Wildman–Crippen MR) is 163 cm³/mol. The predicted octanol–water partition coefficient (Wildman–Crippen LogP) is 9.32. The van der Waals surface area contributed by atoms with Crippen LogP contribution in [-0.4, -0.2) is 4.57 Å². The molecule has 7 rings (SSSR count). The third-order valence-electron chi connectivity index (χ3n) is 7.62. The summed E-state index contributed by atoms with van der Waals surface area (Å²) in [7, 11) is 0. The average Bonchev–Trinajstić information content (AvgIpc) is 3.35. The van der Waals surface area contributed by atoms with Crippen molar-refractivity contribution in [3.8, 4) is 40.1 Å². The lowest BCUT2D eigenvalue weighted by molar-refractivity contribution is 1.18. The molecule has 0 aliphatic carbocycles. The zero-order valence-corrected chi connectivity index (χ0v) is 21.9. The summed E-state index contributed by atoms with van der Waals surface area (Å²) in [6.07, 6.45) is 0. The summed E-state index contributed by atoms with van der Waals surface area (Å²) >= 11 is 0. The molecule has 0 amide bonds. The standard InChI is InChI=1S/C37H23N3/c1-24-17-27-9-7-13-31(36(27)34(18-24)28-20-25(22-38)19-26(21-28)23-39)33-15-8-14-32-30-12-5-6-16-35(30)40(37(32)33)29-10-3-2-4-11-29/h2-21H,1H3. The monoisotopic (exact) mass is 509 g/mol. The van der Waals surface area contributed by atoms with E-state index in [4.69, 9.17) is 0 Å². The molecule has 0 unspecified atom stereocenters. The molecular weight excluding hydrogens is 486 g/mol. The van der Waals surface area contributed by atoms with Crippen LogP contribution in [0.5, 0.6) is 0 Å². The molecule has 0 N–H and O–H groups in total. The first-order chi connectivity index (χ1) is 19.7. The van der Waals surface area contributed by atoms with Crippen LogP contribution in [0.15, 0.2) is 121 Å². The first-order valence-corrected chi connectivity index (χ1v) is 13.2. The summed E-state index contributed by atoms with van der Waals surface area (Å²) in [6.45, 7) is 2.09. The topological polar surface area (TPSA) is 52.5 Å². The molecule has 6 aromatic carbocycles. The molecule has 0 aliphatic heterocycles. The van der Waals surface area contributed by atoms with E-state index >= 15 is 0 Å². The van der Waals surface area contributed by atoms with Crippen molar-refractivity contribution in [1.82, 2.24) is 4.57 Å². The maximum Gasteiger partial charge on any atom is 0.0992 e. The zero-order chi connectivity index (χ0) is 27.2. The highest BCUT2D eigenvalue weighted by Crippen LogP contribution is 2.43. The van der Waals surface area contributed by atoms with Gasteiger partial charge in [-0.05, 0) is 76.3 Å². The van der Waals surface area contributed by atoms with Crippen LogP contribution in [0.25, 0.3) is 60.5 Å². The zero-order valence-electron chi connectivity index (χ0n) is 21.9. The molecule has 0 saturated heterocycles. The summed E-state index contributed by atoms with van der Waals surface area (Å²) in [5.41, 5.74) is 9.62. The average molecular weight is 510 g/mol. The van der Waals surface area contributed by atoms with Gasteiger partial charge < -0.3 is 4.57 Å². The lowest BCUT2D eigenvalue weighted by Gasteiger charge is -2.17. The molecule has 0 spiro atoms. The third-order valence-corrected chi connectivity index (χ3v) is 7.62. The van der Waals surface area contributed by atoms with Crippen molar-refractivity contribution >= 4 is 32.6 Å². The Bertz CT molecular complexity index is 2160. The molecule has 0 radical (unpaired) electrons. The second-order valence-corrected chi connectivity index (χ2v) is 10.1. The first kappa shape index (κ1) is 23.5. The number of fused-ring (bicyclic) bond motifs is 4. The van der Waals surface area contributed by atoms with Gasteiger partial charge in [-0.2, -0.15) is 10.5 Å². The normalized spacial score (nSPS) is 11.1. The van der Waals surface area contributed by atoms with Crippen molar-refractivity contribution < 1.29 is 0 Å². The number of benzene rings is 6. The Hall–Kier alpha value is -5.64. The maximum atomic E-state index is 9.69. The molecule has 3 heteroatoms. The van der Waals surface area contributed by atoms with E-state index in [9.17, 15) is 10.5 Å². The van der Waals surface area contributed by atoms with Crippen LogP contribution in [0.1, 0.15) is 16.7 Å². The van der Waals surface area contributed by atoms with Gasteiger partial charge in [0.15, 0.2) is 0 Å². The van der Waals surface area contributed by atoms with E-state index < -0.39 is 0 Å². The van der Waals surface area contributed by atoms with Gasteiger partial charge in [0.25, 0.3) is 0 Å². The third kappa shape index (κ3) is 3.65. The Balaban J connectivity index is 1.63. The number of hydrogen-bond donors (Lipinski definition) is 0. The van der Waals surface area contributed by atoms with Crippen LogP contribution in [0, 0.1) is 29.6 Å². The quantitative estimate of drug-likeness (QED) is 0.238. The summed E-state index contributed by atoms with van der Waals surface area (Å²) in [4.78, 5) is 0. The fraction of sp³-hybridized carbons (Fsp3) is 0.0270. The van der Waals surface area contributed by atoms with Gasteiger partial charge in [-0.25, -0.2) is 0 Å². The summed E-state index contributed by atoms with van der Waals surface area (Å²) in [6, 6.07) is 46.3. The fourth-order valence-corrected chi connectivity index (χ4v) is 6.02. The number of aromatic nitrogens is 1. The van der Waals surface area contributed by atoms with Crippen LogP contribution >= 0.6 is 0 Å². The van der Waals surface area contributed by atoms with Gasteiger partial charge in [-0.15, -0.1) is 0 Å². The summed E-state index contributed by atoms with van der Waals surface area (Å²) in [5, 5.41) is 24.0. The maximum absolute atomic E-state index is 9.69. The molecule has 40 heavy (non-hydrogen) atoms. The molecule has 7 aromatic rings. The SMILES string of the molecule is Cc1cc(-c2cc(C#N)cc(C#N)c2)c2c(-c3cccc4c5ccccc5n(-c5ccccc5)c34)cccc2c1. The first-order valence-electron chi connectivity index (χ1n) is 13.2. The second-order valence-electron chi connectivity index (χ2n) is 10.1. The number of hydrogen-bond acceptors (Lipinski definition) is 2. The van der Waals surface area contributed by atoms with Crippen LogP contribution in [0.2, 0.25) is 0 Å². The highest BCUT2D eigenvalue weighted by atomic mass is 15.0. The van der Waals surface area contributed by atoms with E-state index in [1.54, 1.807) is 6.07 Å². The Kier molecular flexibility index (Phi) is 5.45. The van der Waals surface area contributed by atoms with Gasteiger partial charge in [-0.3, -0.25) is 0 Å². The second kappa shape index (κ2) is 9.28. The molecule has 1 aromatic heterocycles.